The number of nitrogens with zero attached hydrogens (tertiary/aromatic N) is 1. The van der Waals surface area contributed by atoms with Crippen molar-refractivity contribution in [2.75, 3.05) is 27.8 Å². The Balaban J connectivity index is 1.86. The molecule has 6 heteroatoms. The molecule has 1 saturated carbocycles. The smallest absolute Gasteiger partial charge is 0.322 e. The summed E-state index contributed by atoms with van der Waals surface area (Å²) in [6.45, 7) is 2.70. The van der Waals surface area contributed by atoms with E-state index in [0.717, 1.165) is 43.7 Å². The SMILES string of the molecule is COc1ccc([C@@]23CC[C@@H](OC(=O)C(C)N)C[C@@H]2N(C)CC3)cc1OC. The Morgan fingerprint density at radius 3 is 2.65 bits per heavy atom. The zero-order valence-electron chi connectivity index (χ0n) is 16.2. The maximum absolute atomic E-state index is 11.9. The fraction of sp³-hybridized carbons (Fsp3) is 0.650. The lowest BCUT2D eigenvalue weighted by atomic mass is 9.65. The topological polar surface area (TPSA) is 74.0 Å². The minimum Gasteiger partial charge on any atom is -0.493 e. The molecule has 1 aromatic rings. The van der Waals surface area contributed by atoms with Gasteiger partial charge in [-0.05, 0) is 57.5 Å². The molecule has 1 aromatic carbocycles. The van der Waals surface area contributed by atoms with Gasteiger partial charge in [0, 0.05) is 17.9 Å². The lowest BCUT2D eigenvalue weighted by molar-refractivity contribution is -0.153. The molecule has 0 amide bonds. The predicted octanol–water partition coefficient (Wildman–Crippen LogP) is 2.09. The van der Waals surface area contributed by atoms with Gasteiger partial charge in [-0.25, -0.2) is 0 Å². The number of carbonyl (C=O) groups is 1. The third-order valence-corrected chi connectivity index (χ3v) is 6.09. The number of likely N-dealkylation sites (N-methyl/N-ethyl adjacent to an activating group) is 1. The van der Waals surface area contributed by atoms with E-state index in [0.29, 0.717) is 6.04 Å². The first-order chi connectivity index (χ1) is 12.4. The van der Waals surface area contributed by atoms with Gasteiger partial charge in [0.2, 0.25) is 0 Å². The minimum absolute atomic E-state index is 0.0611. The Kier molecular flexibility index (Phi) is 5.44. The largest absolute Gasteiger partial charge is 0.493 e. The third-order valence-electron chi connectivity index (χ3n) is 6.09. The lowest BCUT2D eigenvalue weighted by Gasteiger charge is -2.44. The Hall–Kier alpha value is -1.79. The summed E-state index contributed by atoms with van der Waals surface area (Å²) in [5.74, 6) is 1.20. The van der Waals surface area contributed by atoms with Gasteiger partial charge in [0.1, 0.15) is 12.1 Å². The Labute approximate surface area is 155 Å². The van der Waals surface area contributed by atoms with Crippen molar-refractivity contribution in [3.05, 3.63) is 23.8 Å². The van der Waals surface area contributed by atoms with Gasteiger partial charge in [-0.1, -0.05) is 6.07 Å². The molecule has 1 heterocycles. The van der Waals surface area contributed by atoms with E-state index < -0.39 is 6.04 Å². The highest BCUT2D eigenvalue weighted by Crippen LogP contribution is 2.50. The summed E-state index contributed by atoms with van der Waals surface area (Å²) in [5, 5.41) is 0. The zero-order chi connectivity index (χ0) is 18.9. The maximum atomic E-state index is 11.9. The zero-order valence-corrected chi connectivity index (χ0v) is 16.2. The first-order valence-electron chi connectivity index (χ1n) is 9.30. The number of nitrogens with two attached hydrogens (primary N) is 1. The lowest BCUT2D eigenvalue weighted by Crippen LogP contribution is -2.48. The van der Waals surface area contributed by atoms with Crippen molar-refractivity contribution in [1.29, 1.82) is 0 Å². The molecule has 1 saturated heterocycles. The van der Waals surface area contributed by atoms with Gasteiger partial charge in [0.15, 0.2) is 11.5 Å². The molecule has 2 fully saturated rings. The summed E-state index contributed by atoms with van der Waals surface area (Å²) >= 11 is 0. The molecule has 4 atom stereocenters. The van der Waals surface area contributed by atoms with Crippen LogP contribution in [-0.2, 0) is 14.9 Å². The predicted molar refractivity (Wildman–Crippen MR) is 99.6 cm³/mol. The van der Waals surface area contributed by atoms with Crippen LogP contribution < -0.4 is 15.2 Å². The van der Waals surface area contributed by atoms with Crippen molar-refractivity contribution >= 4 is 5.97 Å². The maximum Gasteiger partial charge on any atom is 0.322 e. The van der Waals surface area contributed by atoms with E-state index in [1.807, 2.05) is 6.07 Å². The summed E-state index contributed by atoms with van der Waals surface area (Å²) in [4.78, 5) is 14.3. The second-order valence-electron chi connectivity index (χ2n) is 7.59. The van der Waals surface area contributed by atoms with Gasteiger partial charge < -0.3 is 24.8 Å². The van der Waals surface area contributed by atoms with Crippen molar-refractivity contribution < 1.29 is 19.0 Å². The van der Waals surface area contributed by atoms with E-state index in [1.165, 1.54) is 5.56 Å². The monoisotopic (exact) mass is 362 g/mol. The second kappa shape index (κ2) is 7.45. The average molecular weight is 362 g/mol. The van der Waals surface area contributed by atoms with Crippen molar-refractivity contribution in [3.8, 4) is 11.5 Å². The summed E-state index contributed by atoms with van der Waals surface area (Å²) in [5.41, 5.74) is 6.99. The molecule has 2 N–H and O–H groups in total. The molecule has 3 rings (SSSR count). The second-order valence-corrected chi connectivity index (χ2v) is 7.59. The Morgan fingerprint density at radius 2 is 2.00 bits per heavy atom. The number of benzene rings is 1. The Morgan fingerprint density at radius 1 is 1.27 bits per heavy atom. The standard InChI is InChI=1S/C20H30N2O4/c1-13(21)19(23)26-15-7-8-20(9-10-22(2)18(20)12-15)14-5-6-16(24-3)17(11-14)25-4/h5-6,11,13,15,18H,7-10,12,21H2,1-4H3/t13?,15-,18+,20+/m1/s1. The van der Waals surface area contributed by atoms with Crippen LogP contribution >= 0.6 is 0 Å². The summed E-state index contributed by atoms with van der Waals surface area (Å²) < 4.78 is 16.5. The molecule has 0 aromatic heterocycles. The number of rotatable bonds is 5. The summed E-state index contributed by atoms with van der Waals surface area (Å²) in [7, 11) is 5.48. The van der Waals surface area contributed by atoms with Crippen LogP contribution in [0.5, 0.6) is 11.5 Å². The van der Waals surface area contributed by atoms with Crippen LogP contribution in [0.3, 0.4) is 0 Å². The quantitative estimate of drug-likeness (QED) is 0.809. The van der Waals surface area contributed by atoms with Crippen LogP contribution in [-0.4, -0.2) is 56.9 Å². The van der Waals surface area contributed by atoms with Gasteiger partial charge in [-0.2, -0.15) is 0 Å². The number of hydrogen-bond acceptors (Lipinski definition) is 6. The fourth-order valence-corrected chi connectivity index (χ4v) is 4.61. The van der Waals surface area contributed by atoms with E-state index in [9.17, 15) is 4.79 Å². The first-order valence-corrected chi connectivity index (χ1v) is 9.30. The molecule has 1 aliphatic carbocycles. The molecule has 0 radical (unpaired) electrons. The Bertz CT molecular complexity index is 663. The molecule has 1 aliphatic heterocycles. The van der Waals surface area contributed by atoms with Gasteiger partial charge in [-0.3, -0.25) is 4.79 Å². The third kappa shape index (κ3) is 3.28. The number of carbonyl (C=O) groups excluding carboxylic acids is 1. The summed E-state index contributed by atoms with van der Waals surface area (Å²) in [6, 6.07) is 6.01. The number of fused-ring (bicyclic) bond motifs is 1. The van der Waals surface area contributed by atoms with E-state index in [4.69, 9.17) is 19.9 Å². The molecular formula is C20H30N2O4. The molecular weight excluding hydrogens is 332 g/mol. The van der Waals surface area contributed by atoms with Gasteiger partial charge in [0.05, 0.1) is 14.2 Å². The van der Waals surface area contributed by atoms with Crippen molar-refractivity contribution in [2.24, 2.45) is 5.73 Å². The number of esters is 1. The number of methoxy groups -OCH3 is 2. The number of likely N-dealkylation sites (tertiary alicyclic amines) is 1. The van der Waals surface area contributed by atoms with Gasteiger partial charge in [-0.15, -0.1) is 0 Å². The van der Waals surface area contributed by atoms with E-state index in [1.54, 1.807) is 21.1 Å². The van der Waals surface area contributed by atoms with Crippen LogP contribution in [0.25, 0.3) is 0 Å². The first kappa shape index (κ1) is 19.0. The molecule has 144 valence electrons. The van der Waals surface area contributed by atoms with Crippen LogP contribution in [0.1, 0.15) is 38.2 Å². The highest BCUT2D eigenvalue weighted by molar-refractivity contribution is 5.75. The van der Waals surface area contributed by atoms with Crippen molar-refractivity contribution in [3.63, 3.8) is 0 Å². The molecule has 2 aliphatic rings. The van der Waals surface area contributed by atoms with Crippen LogP contribution in [0, 0.1) is 0 Å². The fourth-order valence-electron chi connectivity index (χ4n) is 4.61. The molecule has 0 bridgehead atoms. The number of ether oxygens (including phenoxy) is 3. The molecule has 26 heavy (non-hydrogen) atoms. The van der Waals surface area contributed by atoms with Crippen LogP contribution in [0.15, 0.2) is 18.2 Å². The van der Waals surface area contributed by atoms with Gasteiger partial charge in [0.25, 0.3) is 0 Å². The molecule has 1 unspecified atom stereocenters. The van der Waals surface area contributed by atoms with Crippen LogP contribution in [0.4, 0.5) is 0 Å². The van der Waals surface area contributed by atoms with E-state index in [2.05, 4.69) is 24.1 Å². The van der Waals surface area contributed by atoms with E-state index >= 15 is 0 Å². The molecule has 0 spiro atoms. The summed E-state index contributed by atoms with van der Waals surface area (Å²) in [6.07, 6.45) is 3.71. The number of hydrogen-bond donors (Lipinski definition) is 1. The van der Waals surface area contributed by atoms with E-state index in [-0.39, 0.29) is 17.5 Å². The highest BCUT2D eigenvalue weighted by atomic mass is 16.5. The highest BCUT2D eigenvalue weighted by Gasteiger charge is 2.51. The minimum atomic E-state index is -0.575. The van der Waals surface area contributed by atoms with Crippen molar-refractivity contribution in [2.45, 2.75) is 56.2 Å². The normalized spacial score (nSPS) is 29.7. The van der Waals surface area contributed by atoms with Crippen LogP contribution in [0.2, 0.25) is 0 Å². The van der Waals surface area contributed by atoms with Crippen molar-refractivity contribution in [1.82, 2.24) is 4.90 Å². The van der Waals surface area contributed by atoms with Gasteiger partial charge >= 0.3 is 5.97 Å². The molecule has 6 nitrogen and oxygen atoms in total. The average Bonchev–Trinajstić information content (AvgIpc) is 2.98.